The molecule has 0 aromatic carbocycles. The van der Waals surface area contributed by atoms with Gasteiger partial charge >= 0.3 is 0 Å². The maximum Gasteiger partial charge on any atom is 0.170 e. The van der Waals surface area contributed by atoms with Crippen LogP contribution in [-0.4, -0.2) is 5.16 Å². The SMILES string of the molecule is CCc1c(N)noc1C1C(C)(C)C1(C)C. The highest BCUT2D eigenvalue weighted by molar-refractivity contribution is 5.45. The van der Waals surface area contributed by atoms with Crippen LogP contribution < -0.4 is 5.73 Å². The third kappa shape index (κ3) is 1.15. The summed E-state index contributed by atoms with van der Waals surface area (Å²) in [5, 5.41) is 3.88. The first-order chi connectivity index (χ1) is 6.84. The minimum absolute atomic E-state index is 0.281. The Hall–Kier alpha value is -0.990. The molecular formula is C12H20N2O. The van der Waals surface area contributed by atoms with E-state index in [1.165, 1.54) is 0 Å². The van der Waals surface area contributed by atoms with Crippen LogP contribution in [0.1, 0.15) is 51.9 Å². The molecule has 0 amide bonds. The highest BCUT2D eigenvalue weighted by atomic mass is 16.5. The van der Waals surface area contributed by atoms with E-state index in [4.69, 9.17) is 10.3 Å². The maximum atomic E-state index is 5.79. The lowest BCUT2D eigenvalue weighted by molar-refractivity contribution is 0.371. The molecule has 15 heavy (non-hydrogen) atoms. The van der Waals surface area contributed by atoms with E-state index in [1.807, 2.05) is 0 Å². The molecule has 0 saturated heterocycles. The lowest BCUT2D eigenvalue weighted by Gasteiger charge is -2.03. The number of nitrogen functional groups attached to an aromatic ring is 1. The molecule has 0 radical (unpaired) electrons. The van der Waals surface area contributed by atoms with E-state index in [0.717, 1.165) is 17.7 Å². The van der Waals surface area contributed by atoms with Crippen LogP contribution in [0, 0.1) is 10.8 Å². The highest BCUT2D eigenvalue weighted by Gasteiger charge is 2.67. The van der Waals surface area contributed by atoms with Crippen LogP contribution in [0.25, 0.3) is 0 Å². The molecule has 3 nitrogen and oxygen atoms in total. The maximum absolute atomic E-state index is 5.79. The summed E-state index contributed by atoms with van der Waals surface area (Å²) in [6, 6.07) is 0. The van der Waals surface area contributed by atoms with Gasteiger partial charge in [-0.15, -0.1) is 0 Å². The van der Waals surface area contributed by atoms with Gasteiger partial charge in [-0.3, -0.25) is 0 Å². The van der Waals surface area contributed by atoms with Gasteiger partial charge in [0.15, 0.2) is 5.82 Å². The van der Waals surface area contributed by atoms with Gasteiger partial charge in [-0.2, -0.15) is 0 Å². The minimum Gasteiger partial charge on any atom is -0.381 e. The third-order valence-electron chi connectivity index (χ3n) is 4.49. The first-order valence-corrected chi connectivity index (χ1v) is 5.58. The molecule has 2 rings (SSSR count). The monoisotopic (exact) mass is 208 g/mol. The molecule has 3 heteroatoms. The molecule has 1 heterocycles. The van der Waals surface area contributed by atoms with Gasteiger partial charge in [-0.05, 0) is 17.3 Å². The Labute approximate surface area is 91.0 Å². The van der Waals surface area contributed by atoms with Crippen LogP contribution in [0.3, 0.4) is 0 Å². The first-order valence-electron chi connectivity index (χ1n) is 5.58. The zero-order valence-corrected chi connectivity index (χ0v) is 10.2. The molecule has 0 atom stereocenters. The van der Waals surface area contributed by atoms with Gasteiger partial charge in [0.05, 0.1) is 0 Å². The predicted molar refractivity (Wildman–Crippen MR) is 60.6 cm³/mol. The van der Waals surface area contributed by atoms with Crippen molar-refractivity contribution in [2.75, 3.05) is 5.73 Å². The van der Waals surface area contributed by atoms with Gasteiger partial charge in [-0.1, -0.05) is 39.8 Å². The van der Waals surface area contributed by atoms with Crippen LogP contribution in [0.4, 0.5) is 5.82 Å². The molecule has 2 N–H and O–H groups in total. The van der Waals surface area contributed by atoms with Gasteiger partial charge in [0.1, 0.15) is 5.76 Å². The lowest BCUT2D eigenvalue weighted by Crippen LogP contribution is -1.95. The summed E-state index contributed by atoms with van der Waals surface area (Å²) < 4.78 is 5.41. The molecule has 0 spiro atoms. The van der Waals surface area contributed by atoms with Gasteiger partial charge < -0.3 is 10.3 Å². The van der Waals surface area contributed by atoms with Crippen molar-refractivity contribution in [3.63, 3.8) is 0 Å². The van der Waals surface area contributed by atoms with Crippen molar-refractivity contribution in [3.8, 4) is 0 Å². The molecule has 0 unspecified atom stereocenters. The first kappa shape index (κ1) is 10.5. The van der Waals surface area contributed by atoms with Crippen molar-refractivity contribution in [3.05, 3.63) is 11.3 Å². The second kappa shape index (κ2) is 2.77. The smallest absolute Gasteiger partial charge is 0.170 e. The largest absolute Gasteiger partial charge is 0.381 e. The highest BCUT2D eigenvalue weighted by Crippen LogP contribution is 2.74. The van der Waals surface area contributed by atoms with Crippen LogP contribution in [0.2, 0.25) is 0 Å². The molecule has 84 valence electrons. The molecule has 1 saturated carbocycles. The number of anilines is 1. The molecule has 1 aliphatic rings. The van der Waals surface area contributed by atoms with E-state index < -0.39 is 0 Å². The van der Waals surface area contributed by atoms with Crippen molar-refractivity contribution in [1.29, 1.82) is 0 Å². The summed E-state index contributed by atoms with van der Waals surface area (Å²) >= 11 is 0. The Morgan fingerprint density at radius 1 is 1.27 bits per heavy atom. The van der Waals surface area contributed by atoms with Gasteiger partial charge in [0, 0.05) is 11.5 Å². The summed E-state index contributed by atoms with van der Waals surface area (Å²) in [5.74, 6) is 2.01. The molecule has 1 aromatic rings. The van der Waals surface area contributed by atoms with Crippen LogP contribution in [0.5, 0.6) is 0 Å². The predicted octanol–water partition coefficient (Wildman–Crippen LogP) is 2.97. The lowest BCUT2D eigenvalue weighted by atomic mass is 10.0. The fraction of sp³-hybridized carbons (Fsp3) is 0.750. The molecular weight excluding hydrogens is 188 g/mol. The summed E-state index contributed by atoms with van der Waals surface area (Å²) in [4.78, 5) is 0. The van der Waals surface area contributed by atoms with E-state index in [9.17, 15) is 0 Å². The van der Waals surface area contributed by atoms with Crippen molar-refractivity contribution in [2.24, 2.45) is 10.8 Å². The van der Waals surface area contributed by atoms with E-state index in [1.54, 1.807) is 0 Å². The van der Waals surface area contributed by atoms with Crippen LogP contribution >= 0.6 is 0 Å². The number of rotatable bonds is 2. The normalized spacial score (nSPS) is 23.0. The van der Waals surface area contributed by atoms with Gasteiger partial charge in [0.2, 0.25) is 0 Å². The summed E-state index contributed by atoms with van der Waals surface area (Å²) in [6.45, 7) is 11.2. The van der Waals surface area contributed by atoms with Crippen molar-refractivity contribution >= 4 is 5.82 Å². The van der Waals surface area contributed by atoms with E-state index in [2.05, 4.69) is 39.8 Å². The zero-order valence-electron chi connectivity index (χ0n) is 10.2. The van der Waals surface area contributed by atoms with Crippen LogP contribution in [0.15, 0.2) is 4.52 Å². The Balaban J connectivity index is 2.41. The Bertz CT molecular complexity index is 376. The van der Waals surface area contributed by atoms with E-state index >= 15 is 0 Å². The van der Waals surface area contributed by atoms with Crippen molar-refractivity contribution < 1.29 is 4.52 Å². The molecule has 1 fully saturated rings. The van der Waals surface area contributed by atoms with Gasteiger partial charge in [0.25, 0.3) is 0 Å². The van der Waals surface area contributed by atoms with Crippen molar-refractivity contribution in [2.45, 2.75) is 47.0 Å². The fourth-order valence-electron chi connectivity index (χ4n) is 2.77. The third-order valence-corrected chi connectivity index (χ3v) is 4.49. The average Bonchev–Trinajstić information content (AvgIpc) is 2.44. The molecule has 0 aliphatic heterocycles. The number of nitrogens with zero attached hydrogens (tertiary/aromatic N) is 1. The zero-order chi connectivity index (χ0) is 11.4. The second-order valence-electron chi connectivity index (χ2n) is 5.64. The fourth-order valence-corrected chi connectivity index (χ4v) is 2.77. The number of aromatic nitrogens is 1. The summed E-state index contributed by atoms with van der Waals surface area (Å²) in [7, 11) is 0. The van der Waals surface area contributed by atoms with E-state index in [0.29, 0.717) is 11.7 Å². The minimum atomic E-state index is 0.281. The molecule has 1 aromatic heterocycles. The Kier molecular flexibility index (Phi) is 1.95. The average molecular weight is 208 g/mol. The number of hydrogen-bond acceptors (Lipinski definition) is 3. The summed E-state index contributed by atoms with van der Waals surface area (Å²) in [6.07, 6.45) is 0.896. The number of hydrogen-bond donors (Lipinski definition) is 1. The Morgan fingerprint density at radius 3 is 2.20 bits per heavy atom. The Morgan fingerprint density at radius 2 is 1.80 bits per heavy atom. The summed E-state index contributed by atoms with van der Waals surface area (Å²) in [5.41, 5.74) is 7.45. The molecule has 1 aliphatic carbocycles. The van der Waals surface area contributed by atoms with Crippen molar-refractivity contribution in [1.82, 2.24) is 5.16 Å². The van der Waals surface area contributed by atoms with E-state index in [-0.39, 0.29) is 10.8 Å². The quantitative estimate of drug-likeness (QED) is 0.813. The molecule has 0 bridgehead atoms. The topological polar surface area (TPSA) is 52.0 Å². The van der Waals surface area contributed by atoms with Crippen LogP contribution in [-0.2, 0) is 6.42 Å². The van der Waals surface area contributed by atoms with Gasteiger partial charge in [-0.25, -0.2) is 0 Å². The second-order valence-corrected chi connectivity index (χ2v) is 5.64. The standard InChI is InChI=1S/C12H20N2O/c1-6-7-8(15-14-10(7)13)9-11(2,3)12(9,4)5/h9H,6H2,1-5H3,(H2,13,14). The number of nitrogens with two attached hydrogens (primary N) is 1.